The van der Waals surface area contributed by atoms with Crippen molar-refractivity contribution in [3.8, 4) is 0 Å². The number of carbonyl (C=O) groups excluding carboxylic acids is 3. The van der Waals surface area contributed by atoms with Crippen LogP contribution in [0.15, 0.2) is 0 Å². The summed E-state index contributed by atoms with van der Waals surface area (Å²) in [5.74, 6) is -0.895. The molecular formula is C14H21N5O7S. The van der Waals surface area contributed by atoms with Crippen LogP contribution in [0.3, 0.4) is 0 Å². The molecule has 3 atom stereocenters. The quantitative estimate of drug-likeness (QED) is 0.319. The summed E-state index contributed by atoms with van der Waals surface area (Å²) < 4.78 is 35.5. The minimum absolute atomic E-state index is 0.116. The van der Waals surface area contributed by atoms with Gasteiger partial charge < -0.3 is 10.2 Å². The van der Waals surface area contributed by atoms with E-state index >= 15 is 0 Å². The smallest absolute Gasteiger partial charge is 0.309 e. The molecule has 0 radical (unpaired) electrons. The van der Waals surface area contributed by atoms with Crippen LogP contribution < -0.4 is 16.2 Å². The summed E-state index contributed by atoms with van der Waals surface area (Å²) in [6.45, 7) is 0.856. The maximum atomic E-state index is 12.6. The van der Waals surface area contributed by atoms with E-state index in [2.05, 4.69) is 20.5 Å². The number of hydrogen-bond acceptors (Lipinski definition) is 7. The molecule has 27 heavy (non-hydrogen) atoms. The van der Waals surface area contributed by atoms with E-state index in [0.717, 1.165) is 13.0 Å². The number of nitrogens with one attached hydrogen (secondary N) is 3. The van der Waals surface area contributed by atoms with Crippen LogP contribution >= 0.6 is 0 Å². The summed E-state index contributed by atoms with van der Waals surface area (Å²) in [5.41, 5.74) is 4.31. The molecule has 4 fully saturated rings. The molecule has 0 aromatic heterocycles. The van der Waals surface area contributed by atoms with E-state index in [1.54, 1.807) is 0 Å². The van der Waals surface area contributed by atoms with Crippen molar-refractivity contribution < 1.29 is 31.6 Å². The minimum atomic E-state index is -4.86. The Hall–Kier alpha value is -1.96. The first kappa shape index (κ1) is 18.4. The standard InChI is InChI=1S/C14H21N5O7S/c20-11(8-2-1-5-15-8)16-17-12(21)9-6-14(3-4-14)10-7-18(9)13(22)19(10)26-27(23,24)25/h8-10,15H,1-7H2,(H,16,20)(H,17,21)(H,23,24,25)/t8?,9-,10-/m0/s1. The van der Waals surface area contributed by atoms with Gasteiger partial charge in [0.1, 0.15) is 6.04 Å². The van der Waals surface area contributed by atoms with Gasteiger partial charge in [-0.15, -0.1) is 4.28 Å². The average molecular weight is 403 g/mol. The van der Waals surface area contributed by atoms with Crippen LogP contribution in [-0.2, 0) is 24.3 Å². The second-order valence-electron chi connectivity index (χ2n) is 7.49. The van der Waals surface area contributed by atoms with Gasteiger partial charge >= 0.3 is 16.4 Å². The molecule has 150 valence electrons. The van der Waals surface area contributed by atoms with Crippen molar-refractivity contribution >= 4 is 28.2 Å². The maximum absolute atomic E-state index is 12.6. The molecule has 3 aliphatic heterocycles. The van der Waals surface area contributed by atoms with Crippen molar-refractivity contribution in [1.82, 2.24) is 26.1 Å². The first-order chi connectivity index (χ1) is 12.7. The Morgan fingerprint density at radius 1 is 1.26 bits per heavy atom. The van der Waals surface area contributed by atoms with Crippen molar-refractivity contribution in [2.24, 2.45) is 5.41 Å². The van der Waals surface area contributed by atoms with Crippen LogP contribution in [0.2, 0.25) is 0 Å². The molecule has 1 spiro atoms. The summed E-state index contributed by atoms with van der Waals surface area (Å²) in [7, 11) is -4.86. The number of carbonyl (C=O) groups is 3. The van der Waals surface area contributed by atoms with Crippen molar-refractivity contribution in [1.29, 1.82) is 0 Å². The molecule has 2 bridgehead atoms. The lowest BCUT2D eigenvalue weighted by molar-refractivity contribution is -0.133. The van der Waals surface area contributed by atoms with E-state index in [9.17, 15) is 22.8 Å². The number of urea groups is 1. The molecule has 1 saturated carbocycles. The van der Waals surface area contributed by atoms with Crippen LogP contribution in [0, 0.1) is 5.41 Å². The lowest BCUT2D eigenvalue weighted by atomic mass is 9.85. The van der Waals surface area contributed by atoms with Gasteiger partial charge in [-0.2, -0.15) is 13.5 Å². The van der Waals surface area contributed by atoms with Gasteiger partial charge in [-0.1, -0.05) is 0 Å². The third-order valence-corrected chi connectivity index (χ3v) is 6.17. The predicted molar refractivity (Wildman–Crippen MR) is 87.7 cm³/mol. The van der Waals surface area contributed by atoms with E-state index in [1.807, 2.05) is 0 Å². The summed E-state index contributed by atoms with van der Waals surface area (Å²) >= 11 is 0. The zero-order chi connectivity index (χ0) is 19.4. The van der Waals surface area contributed by atoms with E-state index < -0.39 is 39.8 Å². The van der Waals surface area contributed by atoms with Gasteiger partial charge in [0.05, 0.1) is 12.1 Å². The zero-order valence-corrected chi connectivity index (χ0v) is 15.2. The summed E-state index contributed by atoms with van der Waals surface area (Å²) in [4.78, 5) is 38.3. The summed E-state index contributed by atoms with van der Waals surface area (Å²) in [6, 6.07) is -2.57. The lowest BCUT2D eigenvalue weighted by Gasteiger charge is -2.35. The minimum Gasteiger partial charge on any atom is -0.309 e. The molecule has 0 aromatic carbocycles. The monoisotopic (exact) mass is 403 g/mol. The third-order valence-electron chi connectivity index (χ3n) is 5.82. The van der Waals surface area contributed by atoms with Gasteiger partial charge in [0.15, 0.2) is 0 Å². The molecule has 1 aliphatic carbocycles. The van der Waals surface area contributed by atoms with Crippen LogP contribution in [0.5, 0.6) is 0 Å². The van der Waals surface area contributed by atoms with Crippen molar-refractivity contribution in [3.05, 3.63) is 0 Å². The van der Waals surface area contributed by atoms with Gasteiger partial charge in [0, 0.05) is 6.54 Å². The fourth-order valence-electron chi connectivity index (χ4n) is 4.25. The number of amides is 4. The van der Waals surface area contributed by atoms with Crippen molar-refractivity contribution in [3.63, 3.8) is 0 Å². The molecule has 3 saturated heterocycles. The summed E-state index contributed by atoms with van der Waals surface area (Å²) in [6.07, 6.45) is 3.32. The van der Waals surface area contributed by atoms with Crippen LogP contribution in [0.4, 0.5) is 4.79 Å². The van der Waals surface area contributed by atoms with Crippen LogP contribution in [0.25, 0.3) is 0 Å². The molecule has 12 nitrogen and oxygen atoms in total. The van der Waals surface area contributed by atoms with Gasteiger partial charge in [0.2, 0.25) is 0 Å². The molecular weight excluding hydrogens is 382 g/mol. The number of piperidine rings is 1. The first-order valence-corrected chi connectivity index (χ1v) is 10.2. The molecule has 4 amide bonds. The van der Waals surface area contributed by atoms with Crippen LogP contribution in [-0.4, -0.2) is 72.0 Å². The molecule has 4 aliphatic rings. The van der Waals surface area contributed by atoms with Crippen molar-refractivity contribution in [2.75, 3.05) is 13.1 Å². The Morgan fingerprint density at radius 2 is 1.96 bits per heavy atom. The number of hydrogen-bond donors (Lipinski definition) is 4. The molecule has 3 heterocycles. The predicted octanol–water partition coefficient (Wildman–Crippen LogP) is -1.72. The number of hydroxylamine groups is 2. The van der Waals surface area contributed by atoms with Crippen molar-refractivity contribution in [2.45, 2.75) is 50.2 Å². The molecule has 4 N–H and O–H groups in total. The second-order valence-corrected chi connectivity index (χ2v) is 8.49. The molecule has 13 heteroatoms. The lowest BCUT2D eigenvalue weighted by Crippen LogP contribution is -2.57. The Balaban J connectivity index is 1.44. The van der Waals surface area contributed by atoms with Gasteiger partial charge in [-0.05, 0) is 44.1 Å². The Kier molecular flexibility index (Phi) is 4.29. The number of nitrogens with zero attached hydrogens (tertiary/aromatic N) is 2. The molecule has 1 unspecified atom stereocenters. The Bertz CT molecular complexity index is 777. The SMILES string of the molecule is O=C(NNC(=O)[C@@H]1CC2(CC2)[C@@H]2CN1C(=O)N2OS(=O)(=O)O)C1CCCN1. The third kappa shape index (κ3) is 3.35. The van der Waals surface area contributed by atoms with E-state index in [0.29, 0.717) is 30.7 Å². The largest absolute Gasteiger partial charge is 0.418 e. The van der Waals surface area contributed by atoms with E-state index in [-0.39, 0.29) is 18.5 Å². The number of fused-ring (bicyclic) bond motifs is 3. The van der Waals surface area contributed by atoms with Crippen LogP contribution in [0.1, 0.15) is 32.1 Å². The highest BCUT2D eigenvalue weighted by molar-refractivity contribution is 7.80. The topological polar surface area (TPSA) is 157 Å². The maximum Gasteiger partial charge on any atom is 0.418 e. The summed E-state index contributed by atoms with van der Waals surface area (Å²) in [5, 5.41) is 3.66. The Labute approximate surface area is 155 Å². The fraction of sp³-hybridized carbons (Fsp3) is 0.786. The number of hydrazine groups is 1. The second kappa shape index (κ2) is 6.29. The first-order valence-electron chi connectivity index (χ1n) is 8.80. The van der Waals surface area contributed by atoms with Gasteiger partial charge in [-0.3, -0.25) is 25.0 Å². The zero-order valence-electron chi connectivity index (χ0n) is 14.4. The van der Waals surface area contributed by atoms with E-state index in [4.69, 9.17) is 4.55 Å². The highest BCUT2D eigenvalue weighted by atomic mass is 32.3. The normalized spacial score (nSPS) is 31.3. The molecule has 0 aromatic rings. The highest BCUT2D eigenvalue weighted by Crippen LogP contribution is 2.59. The van der Waals surface area contributed by atoms with Gasteiger partial charge in [-0.25, -0.2) is 4.79 Å². The van der Waals surface area contributed by atoms with Gasteiger partial charge in [0.25, 0.3) is 11.8 Å². The average Bonchev–Trinajstić information content (AvgIpc) is 3.05. The van der Waals surface area contributed by atoms with E-state index in [1.165, 1.54) is 4.90 Å². The number of rotatable bonds is 4. The highest BCUT2D eigenvalue weighted by Gasteiger charge is 2.65. The Morgan fingerprint density at radius 3 is 2.56 bits per heavy atom. The molecule has 4 rings (SSSR count). The fourth-order valence-corrected chi connectivity index (χ4v) is 4.62.